The fraction of sp³-hybridized carbons (Fsp3) is 0.400. The Morgan fingerprint density at radius 3 is 2.28 bits per heavy atom. The maximum Gasteiger partial charge on any atom is 0.162 e. The summed E-state index contributed by atoms with van der Waals surface area (Å²) in [7, 11) is 3.22. The topological polar surface area (TPSA) is 39.7 Å². The molecule has 0 radical (unpaired) electrons. The molecule has 136 valence electrons. The molecule has 0 saturated heterocycles. The van der Waals surface area contributed by atoms with Crippen LogP contribution in [0, 0.1) is 0 Å². The summed E-state index contributed by atoms with van der Waals surface area (Å²) >= 11 is 6.31. The minimum Gasteiger partial charge on any atom is -0.494 e. The van der Waals surface area contributed by atoms with Crippen molar-refractivity contribution in [3.8, 4) is 17.2 Å². The molecule has 1 N–H and O–H groups in total. The van der Waals surface area contributed by atoms with Crippen molar-refractivity contribution in [1.29, 1.82) is 0 Å². The Balaban J connectivity index is 1.88. The Bertz CT molecular complexity index is 659. The molecule has 0 aliphatic carbocycles. The van der Waals surface area contributed by atoms with E-state index in [0.29, 0.717) is 23.1 Å². The second-order valence-electron chi connectivity index (χ2n) is 5.75. The van der Waals surface area contributed by atoms with E-state index in [1.54, 1.807) is 20.3 Å². The van der Waals surface area contributed by atoms with Crippen LogP contribution in [0.5, 0.6) is 17.2 Å². The zero-order valence-electron chi connectivity index (χ0n) is 15.1. The number of nitrogens with one attached hydrogen (secondary N) is 1. The molecule has 0 fully saturated rings. The minimum atomic E-state index is 0.634. The summed E-state index contributed by atoms with van der Waals surface area (Å²) in [5.74, 6) is 2.23. The first-order chi connectivity index (χ1) is 12.2. The number of methoxy groups -OCH3 is 2. The van der Waals surface area contributed by atoms with Gasteiger partial charge >= 0.3 is 0 Å². The second-order valence-corrected chi connectivity index (χ2v) is 6.16. The van der Waals surface area contributed by atoms with Crippen LogP contribution in [0.25, 0.3) is 0 Å². The summed E-state index contributed by atoms with van der Waals surface area (Å²) < 4.78 is 16.2. The number of ether oxygens (including phenoxy) is 3. The first kappa shape index (κ1) is 19.4. The predicted octanol–water partition coefficient (Wildman–Crippen LogP) is 4.83. The van der Waals surface area contributed by atoms with Crippen LogP contribution in [-0.4, -0.2) is 20.8 Å². The highest BCUT2D eigenvalue weighted by atomic mass is 35.5. The molecule has 0 spiro atoms. The molecule has 2 aromatic rings. The van der Waals surface area contributed by atoms with Crippen molar-refractivity contribution < 1.29 is 14.2 Å². The molecule has 0 amide bonds. The average Bonchev–Trinajstić information content (AvgIpc) is 2.64. The molecule has 0 bridgehead atoms. The monoisotopic (exact) mass is 363 g/mol. The van der Waals surface area contributed by atoms with Crippen LogP contribution in [-0.2, 0) is 13.1 Å². The Labute approximate surface area is 155 Å². The molecule has 0 heterocycles. The van der Waals surface area contributed by atoms with E-state index >= 15 is 0 Å². The standard InChI is InChI=1S/C20H26ClNO3/c1-4-5-10-25-17-8-6-15(7-9-17)13-22-14-16-11-19(23-2)20(24-3)12-18(16)21/h6-9,11-12,22H,4-5,10,13-14H2,1-3H3. The molecular weight excluding hydrogens is 338 g/mol. The third-order valence-corrected chi connectivity index (χ3v) is 4.24. The molecule has 4 nitrogen and oxygen atoms in total. The number of rotatable bonds is 10. The van der Waals surface area contributed by atoms with E-state index in [4.69, 9.17) is 25.8 Å². The van der Waals surface area contributed by atoms with Gasteiger partial charge in [0.1, 0.15) is 5.75 Å². The van der Waals surface area contributed by atoms with Gasteiger partial charge in [0.05, 0.1) is 20.8 Å². The lowest BCUT2D eigenvalue weighted by molar-refractivity contribution is 0.309. The highest BCUT2D eigenvalue weighted by Gasteiger charge is 2.09. The Hall–Kier alpha value is -1.91. The largest absolute Gasteiger partial charge is 0.494 e. The first-order valence-electron chi connectivity index (χ1n) is 8.50. The van der Waals surface area contributed by atoms with Crippen LogP contribution < -0.4 is 19.5 Å². The minimum absolute atomic E-state index is 0.634. The van der Waals surface area contributed by atoms with Crippen molar-refractivity contribution >= 4 is 11.6 Å². The lowest BCUT2D eigenvalue weighted by Gasteiger charge is -2.12. The SMILES string of the molecule is CCCCOc1ccc(CNCc2cc(OC)c(OC)cc2Cl)cc1. The lowest BCUT2D eigenvalue weighted by Crippen LogP contribution is -2.13. The summed E-state index contributed by atoms with van der Waals surface area (Å²) in [5, 5.41) is 4.05. The van der Waals surface area contributed by atoms with Gasteiger partial charge in [0.2, 0.25) is 0 Å². The third kappa shape index (κ3) is 5.83. The van der Waals surface area contributed by atoms with Crippen LogP contribution in [0.1, 0.15) is 30.9 Å². The smallest absolute Gasteiger partial charge is 0.162 e. The van der Waals surface area contributed by atoms with E-state index in [0.717, 1.165) is 37.3 Å². The van der Waals surface area contributed by atoms with Crippen molar-refractivity contribution in [2.45, 2.75) is 32.9 Å². The Morgan fingerprint density at radius 1 is 0.960 bits per heavy atom. The van der Waals surface area contributed by atoms with Crippen molar-refractivity contribution in [1.82, 2.24) is 5.32 Å². The predicted molar refractivity (Wildman–Crippen MR) is 102 cm³/mol. The highest BCUT2D eigenvalue weighted by Crippen LogP contribution is 2.33. The van der Waals surface area contributed by atoms with Crippen LogP contribution in [0.4, 0.5) is 0 Å². The van der Waals surface area contributed by atoms with Crippen molar-refractivity contribution in [3.05, 3.63) is 52.5 Å². The van der Waals surface area contributed by atoms with Gasteiger partial charge in [-0.15, -0.1) is 0 Å². The maximum absolute atomic E-state index is 6.31. The summed E-state index contributed by atoms with van der Waals surface area (Å²) in [6.45, 7) is 4.32. The van der Waals surface area contributed by atoms with Gasteiger partial charge in [0, 0.05) is 24.2 Å². The second kappa shape index (κ2) is 10.2. The highest BCUT2D eigenvalue weighted by molar-refractivity contribution is 6.31. The normalized spacial score (nSPS) is 10.6. The van der Waals surface area contributed by atoms with E-state index in [9.17, 15) is 0 Å². The maximum atomic E-state index is 6.31. The van der Waals surface area contributed by atoms with Crippen molar-refractivity contribution in [2.75, 3.05) is 20.8 Å². The van der Waals surface area contributed by atoms with Gasteiger partial charge in [0.15, 0.2) is 11.5 Å². The molecule has 0 atom stereocenters. The molecule has 0 aromatic heterocycles. The molecule has 2 aromatic carbocycles. The summed E-state index contributed by atoms with van der Waals surface area (Å²) in [6, 6.07) is 11.8. The Morgan fingerprint density at radius 2 is 1.64 bits per heavy atom. The Kier molecular flexibility index (Phi) is 7.89. The molecule has 0 aliphatic heterocycles. The van der Waals surface area contributed by atoms with Gasteiger partial charge in [0.25, 0.3) is 0 Å². The van der Waals surface area contributed by atoms with Gasteiger partial charge in [-0.25, -0.2) is 0 Å². The number of halogens is 1. The first-order valence-corrected chi connectivity index (χ1v) is 8.88. The van der Waals surface area contributed by atoms with Crippen molar-refractivity contribution in [2.24, 2.45) is 0 Å². The van der Waals surface area contributed by atoms with Gasteiger partial charge in [-0.2, -0.15) is 0 Å². The third-order valence-electron chi connectivity index (χ3n) is 3.89. The van der Waals surface area contributed by atoms with Gasteiger partial charge in [-0.05, 0) is 35.7 Å². The summed E-state index contributed by atoms with van der Waals surface area (Å²) in [6.07, 6.45) is 2.22. The van der Waals surface area contributed by atoms with Gasteiger partial charge in [-0.3, -0.25) is 0 Å². The van der Waals surface area contributed by atoms with E-state index in [2.05, 4.69) is 24.4 Å². The van der Waals surface area contributed by atoms with Crippen molar-refractivity contribution in [3.63, 3.8) is 0 Å². The fourth-order valence-corrected chi connectivity index (χ4v) is 2.63. The number of hydrogen-bond donors (Lipinski definition) is 1. The number of hydrogen-bond acceptors (Lipinski definition) is 4. The number of unbranched alkanes of at least 4 members (excludes halogenated alkanes) is 1. The van der Waals surface area contributed by atoms with Crippen LogP contribution in [0.3, 0.4) is 0 Å². The van der Waals surface area contributed by atoms with Gasteiger partial charge in [-0.1, -0.05) is 37.1 Å². The molecule has 0 saturated carbocycles. The van der Waals surface area contributed by atoms with Crippen LogP contribution in [0.2, 0.25) is 5.02 Å². The lowest BCUT2D eigenvalue weighted by atomic mass is 10.1. The van der Waals surface area contributed by atoms with Crippen LogP contribution >= 0.6 is 11.6 Å². The molecule has 5 heteroatoms. The van der Waals surface area contributed by atoms with E-state index < -0.39 is 0 Å². The summed E-state index contributed by atoms with van der Waals surface area (Å²) in [5.41, 5.74) is 2.17. The molecular formula is C20H26ClNO3. The van der Waals surface area contributed by atoms with E-state index in [1.165, 1.54) is 5.56 Å². The molecule has 2 rings (SSSR count). The number of benzene rings is 2. The quantitative estimate of drug-likeness (QED) is 0.614. The molecule has 0 aliphatic rings. The van der Waals surface area contributed by atoms with Gasteiger partial charge < -0.3 is 19.5 Å². The van der Waals surface area contributed by atoms with E-state index in [1.807, 2.05) is 18.2 Å². The molecule has 0 unspecified atom stereocenters. The zero-order valence-corrected chi connectivity index (χ0v) is 15.9. The average molecular weight is 364 g/mol. The van der Waals surface area contributed by atoms with E-state index in [-0.39, 0.29) is 0 Å². The fourth-order valence-electron chi connectivity index (χ4n) is 2.41. The molecule has 25 heavy (non-hydrogen) atoms. The van der Waals surface area contributed by atoms with Crippen LogP contribution in [0.15, 0.2) is 36.4 Å². The zero-order chi connectivity index (χ0) is 18.1. The summed E-state index contributed by atoms with van der Waals surface area (Å²) in [4.78, 5) is 0.